The number of hydrogen-bond donors (Lipinski definition) is 2. The largest absolute Gasteiger partial charge is 0.343 e. The molecule has 0 radical (unpaired) electrons. The van der Waals surface area contributed by atoms with Gasteiger partial charge in [-0.15, -0.1) is 0 Å². The molecular formula is C32H36N4O6. The lowest BCUT2D eigenvalue weighted by molar-refractivity contribution is -0.394. The van der Waals surface area contributed by atoms with E-state index in [1.54, 1.807) is 24.3 Å². The number of nitrogens with zero attached hydrogens (tertiary/aromatic N) is 2. The number of hydrogen-bond acceptors (Lipinski definition) is 6. The molecule has 0 aliphatic heterocycles. The summed E-state index contributed by atoms with van der Waals surface area (Å²) in [6.45, 7) is 2.18. The number of carbonyl (C=O) groups is 2. The van der Waals surface area contributed by atoms with E-state index in [2.05, 4.69) is 17.6 Å². The van der Waals surface area contributed by atoms with Crippen LogP contribution in [0, 0.1) is 20.2 Å². The summed E-state index contributed by atoms with van der Waals surface area (Å²) in [5.74, 6) is -1.10. The van der Waals surface area contributed by atoms with Gasteiger partial charge in [-0.3, -0.25) is 29.8 Å². The Bertz CT molecular complexity index is 1350. The molecule has 0 fully saturated rings. The van der Waals surface area contributed by atoms with Crippen molar-refractivity contribution >= 4 is 23.2 Å². The van der Waals surface area contributed by atoms with Crippen LogP contribution in [0.4, 0.5) is 11.4 Å². The van der Waals surface area contributed by atoms with Gasteiger partial charge in [0.25, 0.3) is 17.3 Å². The zero-order valence-electron chi connectivity index (χ0n) is 23.6. The van der Waals surface area contributed by atoms with Crippen LogP contribution >= 0.6 is 0 Å². The molecule has 0 aliphatic carbocycles. The van der Waals surface area contributed by atoms with Gasteiger partial charge < -0.3 is 10.6 Å². The topological polar surface area (TPSA) is 144 Å². The normalized spacial score (nSPS) is 12.4. The quantitative estimate of drug-likeness (QED) is 0.0808. The Morgan fingerprint density at radius 2 is 1.24 bits per heavy atom. The van der Waals surface area contributed by atoms with E-state index in [9.17, 15) is 29.8 Å². The molecule has 220 valence electrons. The summed E-state index contributed by atoms with van der Waals surface area (Å²) < 4.78 is 0. The van der Waals surface area contributed by atoms with Crippen molar-refractivity contribution in [2.75, 3.05) is 0 Å². The maximum absolute atomic E-state index is 13.5. The van der Waals surface area contributed by atoms with Crippen molar-refractivity contribution in [1.82, 2.24) is 10.6 Å². The van der Waals surface area contributed by atoms with Crippen LogP contribution in [0.15, 0.2) is 91.0 Å². The van der Waals surface area contributed by atoms with Crippen LogP contribution in [-0.4, -0.2) is 21.7 Å². The average molecular weight is 573 g/mol. The molecule has 10 nitrogen and oxygen atoms in total. The molecule has 0 unspecified atom stereocenters. The van der Waals surface area contributed by atoms with Gasteiger partial charge in [0.1, 0.15) is 0 Å². The average Bonchev–Trinajstić information content (AvgIpc) is 3.00. The van der Waals surface area contributed by atoms with Crippen LogP contribution in [0.1, 0.15) is 85.4 Å². The van der Waals surface area contributed by atoms with Crippen molar-refractivity contribution in [3.05, 3.63) is 128 Å². The Kier molecular flexibility index (Phi) is 12.4. The molecule has 0 bridgehead atoms. The first-order valence-corrected chi connectivity index (χ1v) is 14.1. The number of benzene rings is 3. The molecule has 42 heavy (non-hydrogen) atoms. The van der Waals surface area contributed by atoms with E-state index in [-0.39, 0.29) is 11.5 Å². The summed E-state index contributed by atoms with van der Waals surface area (Å²) in [6, 6.07) is 19.3. The van der Waals surface area contributed by atoms with Gasteiger partial charge in [-0.05, 0) is 30.0 Å². The molecule has 2 N–H and O–H groups in total. The lowest BCUT2D eigenvalue weighted by Crippen LogP contribution is -2.40. The SMILES string of the molecule is CCCCCCCC/C=C/C(=O)N[C@H](c1ccccc1)[C@H](NC(=O)c1cc([N+](=O)[O-])cc([N+](=O)[O-])c1)c1ccccc1. The third-order valence-electron chi connectivity index (χ3n) is 6.82. The fraction of sp³-hybridized carbons (Fsp3) is 0.312. The summed E-state index contributed by atoms with van der Waals surface area (Å²) >= 11 is 0. The number of nitro benzene ring substituents is 2. The van der Waals surface area contributed by atoms with Crippen LogP contribution < -0.4 is 10.6 Å². The zero-order chi connectivity index (χ0) is 30.3. The van der Waals surface area contributed by atoms with Crippen LogP contribution in [0.5, 0.6) is 0 Å². The van der Waals surface area contributed by atoms with Crippen LogP contribution in [-0.2, 0) is 4.79 Å². The minimum absolute atomic E-state index is 0.242. The number of non-ortho nitro benzene ring substituents is 2. The molecule has 2 amide bonds. The number of nitrogens with one attached hydrogen (secondary N) is 2. The fourth-order valence-electron chi connectivity index (χ4n) is 4.63. The maximum Gasteiger partial charge on any atom is 0.277 e. The van der Waals surface area contributed by atoms with Gasteiger partial charge in [0.05, 0.1) is 33.6 Å². The van der Waals surface area contributed by atoms with Crippen LogP contribution in [0.3, 0.4) is 0 Å². The smallest absolute Gasteiger partial charge is 0.277 e. The number of unbranched alkanes of at least 4 members (excludes halogenated alkanes) is 6. The highest BCUT2D eigenvalue weighted by atomic mass is 16.6. The summed E-state index contributed by atoms with van der Waals surface area (Å²) in [5.41, 5.74) is -0.0119. The highest BCUT2D eigenvalue weighted by molar-refractivity contribution is 5.96. The Hall–Kier alpha value is -4.86. The lowest BCUT2D eigenvalue weighted by Gasteiger charge is -2.29. The Balaban J connectivity index is 1.88. The molecule has 3 aromatic rings. The summed E-state index contributed by atoms with van der Waals surface area (Å²) in [7, 11) is 0. The van der Waals surface area contributed by atoms with Crippen molar-refractivity contribution in [1.29, 1.82) is 0 Å². The van der Waals surface area contributed by atoms with Crippen molar-refractivity contribution in [2.24, 2.45) is 0 Å². The number of rotatable bonds is 16. The lowest BCUT2D eigenvalue weighted by atomic mass is 9.92. The minimum atomic E-state index is -0.810. The molecule has 0 saturated heterocycles. The third kappa shape index (κ3) is 9.65. The molecular weight excluding hydrogens is 536 g/mol. The molecule has 3 rings (SSSR count). The van der Waals surface area contributed by atoms with Crippen molar-refractivity contribution in [3.8, 4) is 0 Å². The summed E-state index contributed by atoms with van der Waals surface area (Å²) in [6.07, 6.45) is 11.0. The van der Waals surface area contributed by atoms with Crippen LogP contribution in [0.25, 0.3) is 0 Å². The van der Waals surface area contributed by atoms with E-state index in [1.165, 1.54) is 31.8 Å². The highest BCUT2D eigenvalue weighted by Crippen LogP contribution is 2.30. The van der Waals surface area contributed by atoms with Gasteiger partial charge in [0, 0.05) is 12.1 Å². The predicted molar refractivity (Wildman–Crippen MR) is 161 cm³/mol. The molecule has 0 saturated carbocycles. The molecule has 0 heterocycles. The number of nitro groups is 2. The molecule has 2 atom stereocenters. The van der Waals surface area contributed by atoms with E-state index in [4.69, 9.17) is 0 Å². The van der Waals surface area contributed by atoms with E-state index >= 15 is 0 Å². The summed E-state index contributed by atoms with van der Waals surface area (Å²) in [4.78, 5) is 47.7. The minimum Gasteiger partial charge on any atom is -0.343 e. The van der Waals surface area contributed by atoms with E-state index in [0.29, 0.717) is 11.1 Å². The van der Waals surface area contributed by atoms with Gasteiger partial charge in [-0.2, -0.15) is 0 Å². The highest BCUT2D eigenvalue weighted by Gasteiger charge is 2.29. The maximum atomic E-state index is 13.5. The van der Waals surface area contributed by atoms with Crippen molar-refractivity contribution in [3.63, 3.8) is 0 Å². The predicted octanol–water partition coefficient (Wildman–Crippen LogP) is 7.14. The first-order valence-electron chi connectivity index (χ1n) is 14.1. The summed E-state index contributed by atoms with van der Waals surface area (Å²) in [5, 5.41) is 28.7. The number of amides is 2. The van der Waals surface area contributed by atoms with Gasteiger partial charge in [-0.25, -0.2) is 0 Å². The Labute approximate surface area is 245 Å². The number of allylic oxidation sites excluding steroid dienone is 1. The Morgan fingerprint density at radius 1 is 0.738 bits per heavy atom. The molecule has 0 aliphatic rings. The zero-order valence-corrected chi connectivity index (χ0v) is 23.6. The van der Waals surface area contributed by atoms with Gasteiger partial charge in [-0.1, -0.05) is 106 Å². The Morgan fingerprint density at radius 3 is 1.76 bits per heavy atom. The van der Waals surface area contributed by atoms with E-state index < -0.39 is 39.2 Å². The van der Waals surface area contributed by atoms with E-state index in [0.717, 1.165) is 37.5 Å². The number of carbonyl (C=O) groups excluding carboxylic acids is 2. The first-order chi connectivity index (χ1) is 20.3. The third-order valence-corrected chi connectivity index (χ3v) is 6.82. The standard InChI is InChI=1S/C32H36N4O6/c1-2-3-4-5-6-7-8-15-20-29(37)33-30(24-16-11-9-12-17-24)31(25-18-13-10-14-19-25)34-32(38)26-21-27(35(39)40)23-28(22-26)36(41)42/h9-23,30-31H,2-8H2,1H3,(H,33,37)(H,34,38)/b20-15+/t30-,31-/m1/s1. The molecule has 0 spiro atoms. The van der Waals surface area contributed by atoms with E-state index in [1.807, 2.05) is 42.5 Å². The van der Waals surface area contributed by atoms with Crippen molar-refractivity contribution in [2.45, 2.75) is 64.0 Å². The van der Waals surface area contributed by atoms with Gasteiger partial charge in [0.2, 0.25) is 5.91 Å². The monoisotopic (exact) mass is 572 g/mol. The van der Waals surface area contributed by atoms with Crippen LogP contribution in [0.2, 0.25) is 0 Å². The second-order valence-electron chi connectivity index (χ2n) is 9.97. The van der Waals surface area contributed by atoms with Gasteiger partial charge >= 0.3 is 0 Å². The fourth-order valence-corrected chi connectivity index (χ4v) is 4.63. The second-order valence-corrected chi connectivity index (χ2v) is 9.97. The molecule has 0 aromatic heterocycles. The molecule has 10 heteroatoms. The molecule has 3 aromatic carbocycles. The second kappa shape index (κ2) is 16.4. The first kappa shape index (κ1) is 31.7. The van der Waals surface area contributed by atoms with Crippen molar-refractivity contribution < 1.29 is 19.4 Å². The van der Waals surface area contributed by atoms with Gasteiger partial charge in [0.15, 0.2) is 0 Å².